The quantitative estimate of drug-likeness (QED) is 0.849. The van der Waals surface area contributed by atoms with Crippen molar-refractivity contribution in [3.05, 3.63) is 17.9 Å². The first-order chi connectivity index (χ1) is 8.94. The Morgan fingerprint density at radius 2 is 2.21 bits per heavy atom. The summed E-state index contributed by atoms with van der Waals surface area (Å²) in [6.07, 6.45) is -0.0341. The van der Waals surface area contributed by atoms with E-state index in [-0.39, 0.29) is 22.9 Å². The molecule has 1 saturated heterocycles. The first-order valence-electron chi connectivity index (χ1n) is 5.88. The average Bonchev–Trinajstić information content (AvgIpc) is 2.88. The molecule has 1 fully saturated rings. The molecule has 0 unspecified atom stereocenters. The van der Waals surface area contributed by atoms with Crippen LogP contribution in [0.1, 0.15) is 17.5 Å². The van der Waals surface area contributed by atoms with E-state index in [1.165, 1.54) is 19.2 Å². The topological polar surface area (TPSA) is 88.9 Å². The van der Waals surface area contributed by atoms with E-state index >= 15 is 0 Å². The van der Waals surface area contributed by atoms with Gasteiger partial charge in [0.1, 0.15) is 0 Å². The lowest BCUT2D eigenvalue weighted by Crippen LogP contribution is -2.44. The van der Waals surface area contributed by atoms with Crippen LogP contribution in [0.4, 0.5) is 0 Å². The third-order valence-electron chi connectivity index (χ3n) is 2.85. The van der Waals surface area contributed by atoms with Crippen molar-refractivity contribution in [3.8, 4) is 0 Å². The highest BCUT2D eigenvalue weighted by Crippen LogP contribution is 2.16. The molecule has 1 amide bonds. The summed E-state index contributed by atoms with van der Waals surface area (Å²) in [6, 6.07) is 2.63. The van der Waals surface area contributed by atoms with Crippen LogP contribution in [0.15, 0.2) is 21.6 Å². The fraction of sp³-hybridized carbons (Fsp3) is 0.545. The third kappa shape index (κ3) is 2.96. The number of morpholine rings is 1. The Bertz CT molecular complexity index is 565. The maximum atomic E-state index is 12.1. The summed E-state index contributed by atoms with van der Waals surface area (Å²) in [7, 11) is -2.38. The van der Waals surface area contributed by atoms with Gasteiger partial charge in [-0.25, -0.2) is 13.1 Å². The zero-order valence-corrected chi connectivity index (χ0v) is 11.6. The molecule has 0 spiro atoms. The first kappa shape index (κ1) is 14.0. The number of carbonyl (C=O) groups excluding carboxylic acids is 1. The molecule has 2 heterocycles. The van der Waals surface area contributed by atoms with Crippen molar-refractivity contribution in [1.29, 1.82) is 0 Å². The van der Waals surface area contributed by atoms with E-state index in [2.05, 4.69) is 4.72 Å². The molecule has 2 rings (SSSR count). The van der Waals surface area contributed by atoms with Gasteiger partial charge in [-0.1, -0.05) is 0 Å². The van der Waals surface area contributed by atoms with Gasteiger partial charge in [0.15, 0.2) is 5.76 Å². The molecule has 0 bridgehead atoms. The second-order valence-corrected chi connectivity index (χ2v) is 6.08. The second-order valence-electron chi connectivity index (χ2n) is 4.26. The number of rotatable bonds is 3. The predicted molar refractivity (Wildman–Crippen MR) is 66.3 cm³/mol. The number of ether oxygens (including phenoxy) is 1. The van der Waals surface area contributed by atoms with Crippen LogP contribution in [0.25, 0.3) is 0 Å². The number of hydrogen-bond donors (Lipinski definition) is 1. The summed E-state index contributed by atoms with van der Waals surface area (Å²) < 4.78 is 35.6. The van der Waals surface area contributed by atoms with Crippen LogP contribution in [0, 0.1) is 0 Å². The highest BCUT2D eigenvalue weighted by molar-refractivity contribution is 7.89. The Hall–Kier alpha value is -1.38. The van der Waals surface area contributed by atoms with E-state index < -0.39 is 10.0 Å². The SMILES string of the molecule is CNS(=O)(=O)c1ccc(C(=O)N2CCO[C@@H](C)C2)o1. The lowest BCUT2D eigenvalue weighted by molar-refractivity contribution is -0.0136. The molecule has 0 aromatic carbocycles. The number of nitrogens with one attached hydrogen (secondary N) is 1. The largest absolute Gasteiger partial charge is 0.438 e. The molecule has 106 valence electrons. The van der Waals surface area contributed by atoms with Crippen LogP contribution in [-0.4, -0.2) is 52.1 Å². The molecule has 19 heavy (non-hydrogen) atoms. The number of nitrogens with zero attached hydrogens (tertiary/aromatic N) is 1. The van der Waals surface area contributed by atoms with E-state index in [1.807, 2.05) is 6.92 Å². The van der Waals surface area contributed by atoms with Crippen LogP contribution < -0.4 is 4.72 Å². The van der Waals surface area contributed by atoms with E-state index in [4.69, 9.17) is 9.15 Å². The van der Waals surface area contributed by atoms with Gasteiger partial charge in [-0.2, -0.15) is 0 Å². The van der Waals surface area contributed by atoms with Crippen molar-refractivity contribution in [2.45, 2.75) is 18.1 Å². The molecule has 1 aromatic heterocycles. The smallest absolute Gasteiger partial charge is 0.289 e. The summed E-state index contributed by atoms with van der Waals surface area (Å²) in [4.78, 5) is 13.7. The number of hydrogen-bond acceptors (Lipinski definition) is 5. The summed E-state index contributed by atoms with van der Waals surface area (Å²) in [5.41, 5.74) is 0. The average molecular weight is 288 g/mol. The van der Waals surface area contributed by atoms with E-state index in [0.717, 1.165) is 0 Å². The highest BCUT2D eigenvalue weighted by Gasteiger charge is 2.26. The Labute approximate surface area is 111 Å². The van der Waals surface area contributed by atoms with Gasteiger partial charge in [-0.3, -0.25) is 4.79 Å². The molecular formula is C11H16N2O5S. The molecule has 1 aliphatic rings. The lowest BCUT2D eigenvalue weighted by atomic mass is 10.3. The fourth-order valence-electron chi connectivity index (χ4n) is 1.84. The summed E-state index contributed by atoms with van der Waals surface area (Å²) in [5, 5.41) is -0.264. The van der Waals surface area contributed by atoms with Crippen molar-refractivity contribution in [2.24, 2.45) is 0 Å². The molecule has 7 nitrogen and oxygen atoms in total. The predicted octanol–water partition coefficient (Wildman–Crippen LogP) is 0.0486. The number of amides is 1. The summed E-state index contributed by atoms with van der Waals surface area (Å²) >= 11 is 0. The van der Waals surface area contributed by atoms with Crippen LogP contribution in [0.2, 0.25) is 0 Å². The van der Waals surface area contributed by atoms with Crippen molar-refractivity contribution < 1.29 is 22.4 Å². The standard InChI is InChI=1S/C11H16N2O5S/c1-8-7-13(5-6-17-8)11(14)9-3-4-10(18-9)19(15,16)12-2/h3-4,8,12H,5-7H2,1-2H3/t8-/m0/s1. The van der Waals surface area contributed by atoms with E-state index in [0.29, 0.717) is 19.7 Å². The Balaban J connectivity index is 2.16. The van der Waals surface area contributed by atoms with Crippen LogP contribution in [0.3, 0.4) is 0 Å². The summed E-state index contributed by atoms with van der Waals surface area (Å²) in [6.45, 7) is 3.28. The van der Waals surface area contributed by atoms with Gasteiger partial charge in [0.25, 0.3) is 15.9 Å². The van der Waals surface area contributed by atoms with Gasteiger partial charge in [0.05, 0.1) is 12.7 Å². The van der Waals surface area contributed by atoms with Gasteiger partial charge >= 0.3 is 0 Å². The zero-order chi connectivity index (χ0) is 14.0. The Morgan fingerprint density at radius 1 is 1.47 bits per heavy atom. The van der Waals surface area contributed by atoms with Crippen molar-refractivity contribution in [1.82, 2.24) is 9.62 Å². The second kappa shape index (κ2) is 5.32. The molecule has 1 aromatic rings. The Kier molecular flexibility index (Phi) is 3.93. The lowest BCUT2D eigenvalue weighted by Gasteiger charge is -2.30. The van der Waals surface area contributed by atoms with Crippen LogP contribution >= 0.6 is 0 Å². The minimum absolute atomic E-state index is 0.0166. The van der Waals surface area contributed by atoms with Crippen LogP contribution in [0.5, 0.6) is 0 Å². The van der Waals surface area contributed by atoms with Crippen molar-refractivity contribution in [3.63, 3.8) is 0 Å². The highest BCUT2D eigenvalue weighted by atomic mass is 32.2. The minimum atomic E-state index is -3.66. The third-order valence-corrected chi connectivity index (χ3v) is 4.14. The number of furan rings is 1. The number of sulfonamides is 1. The van der Waals surface area contributed by atoms with E-state index in [9.17, 15) is 13.2 Å². The van der Waals surface area contributed by atoms with Gasteiger partial charge in [0.2, 0.25) is 5.09 Å². The number of carbonyl (C=O) groups is 1. The molecule has 0 aliphatic carbocycles. The van der Waals surface area contributed by atoms with Gasteiger partial charge in [-0.05, 0) is 26.1 Å². The first-order valence-corrected chi connectivity index (χ1v) is 7.36. The molecule has 8 heteroatoms. The molecule has 0 radical (unpaired) electrons. The van der Waals surface area contributed by atoms with E-state index in [1.54, 1.807) is 4.90 Å². The minimum Gasteiger partial charge on any atom is -0.438 e. The molecule has 1 N–H and O–H groups in total. The monoisotopic (exact) mass is 288 g/mol. The normalized spacial score (nSPS) is 20.5. The zero-order valence-electron chi connectivity index (χ0n) is 10.8. The van der Waals surface area contributed by atoms with Crippen molar-refractivity contribution in [2.75, 3.05) is 26.7 Å². The Morgan fingerprint density at radius 3 is 2.84 bits per heavy atom. The molecular weight excluding hydrogens is 272 g/mol. The summed E-state index contributed by atoms with van der Waals surface area (Å²) in [5.74, 6) is -0.310. The van der Waals surface area contributed by atoms with Crippen LogP contribution in [-0.2, 0) is 14.8 Å². The van der Waals surface area contributed by atoms with Gasteiger partial charge in [0, 0.05) is 13.1 Å². The molecule has 0 saturated carbocycles. The molecule has 1 atom stereocenters. The van der Waals surface area contributed by atoms with Crippen molar-refractivity contribution >= 4 is 15.9 Å². The van der Waals surface area contributed by atoms with Gasteiger partial charge in [-0.15, -0.1) is 0 Å². The maximum absolute atomic E-state index is 12.1. The molecule has 1 aliphatic heterocycles. The fourth-order valence-corrected chi connectivity index (χ4v) is 2.49. The van der Waals surface area contributed by atoms with Gasteiger partial charge < -0.3 is 14.1 Å². The maximum Gasteiger partial charge on any atom is 0.289 e.